The van der Waals surface area contributed by atoms with Gasteiger partial charge in [0.25, 0.3) is 0 Å². The Morgan fingerprint density at radius 2 is 1.63 bits per heavy atom. The summed E-state index contributed by atoms with van der Waals surface area (Å²) in [6.07, 6.45) is 1.50. The number of esters is 1. The average Bonchev–Trinajstić information content (AvgIpc) is 2.25. The van der Waals surface area contributed by atoms with Gasteiger partial charge in [-0.05, 0) is 24.7 Å². The minimum atomic E-state index is -0.134. The molecule has 4 heteroatoms. The van der Waals surface area contributed by atoms with E-state index in [1.807, 2.05) is 6.92 Å². The van der Waals surface area contributed by atoms with Crippen LogP contribution in [0.15, 0.2) is 0 Å². The Bertz CT molecular complexity index is 233. The lowest BCUT2D eigenvalue weighted by Crippen LogP contribution is -2.17. The predicted molar refractivity (Wildman–Crippen MR) is 76.1 cm³/mol. The molecule has 0 saturated carbocycles. The zero-order chi connectivity index (χ0) is 14.7. The van der Waals surface area contributed by atoms with Crippen LogP contribution < -0.4 is 0 Å². The molecular formula is C15H30O4. The molecule has 0 aromatic carbocycles. The highest BCUT2D eigenvalue weighted by Crippen LogP contribution is 2.25. The van der Waals surface area contributed by atoms with Crippen molar-refractivity contribution in [3.05, 3.63) is 0 Å². The van der Waals surface area contributed by atoms with E-state index in [1.54, 1.807) is 0 Å². The summed E-state index contributed by atoms with van der Waals surface area (Å²) >= 11 is 0. The molecule has 0 bridgehead atoms. The molecular weight excluding hydrogens is 244 g/mol. The van der Waals surface area contributed by atoms with Crippen molar-refractivity contribution < 1.29 is 19.0 Å². The van der Waals surface area contributed by atoms with Crippen LogP contribution in [0.3, 0.4) is 0 Å². The largest absolute Gasteiger partial charge is 0.463 e. The molecule has 0 aromatic heterocycles. The zero-order valence-corrected chi connectivity index (χ0v) is 13.2. The summed E-state index contributed by atoms with van der Waals surface area (Å²) in [5.41, 5.74) is 0.252. The van der Waals surface area contributed by atoms with Gasteiger partial charge in [-0.1, -0.05) is 27.7 Å². The standard InChI is InChI=1S/C15H30O4/c1-6-17-7-8-18-9-10-19-14(16)11-13(2)12-15(3,4)5/h13H,6-12H2,1-5H3. The van der Waals surface area contributed by atoms with Crippen molar-refractivity contribution in [3.8, 4) is 0 Å². The molecule has 0 N–H and O–H groups in total. The second kappa shape index (κ2) is 10.2. The quantitative estimate of drug-likeness (QED) is 0.454. The molecule has 4 nitrogen and oxygen atoms in total. The Balaban J connectivity index is 3.49. The normalized spacial score (nSPS) is 13.3. The van der Waals surface area contributed by atoms with E-state index in [0.717, 1.165) is 6.42 Å². The van der Waals surface area contributed by atoms with Crippen molar-refractivity contribution in [2.75, 3.05) is 33.0 Å². The van der Waals surface area contributed by atoms with Crippen LogP contribution in [0.25, 0.3) is 0 Å². The molecule has 0 heterocycles. The molecule has 0 rings (SSSR count). The van der Waals surface area contributed by atoms with Crippen LogP contribution in [0.5, 0.6) is 0 Å². The fourth-order valence-electron chi connectivity index (χ4n) is 2.04. The first-order valence-corrected chi connectivity index (χ1v) is 7.16. The predicted octanol–water partition coefficient (Wildman–Crippen LogP) is 3.05. The van der Waals surface area contributed by atoms with E-state index in [-0.39, 0.29) is 11.4 Å². The third-order valence-corrected chi connectivity index (χ3v) is 2.54. The molecule has 114 valence electrons. The van der Waals surface area contributed by atoms with Crippen molar-refractivity contribution in [1.82, 2.24) is 0 Å². The SMILES string of the molecule is CCOCCOCCOC(=O)CC(C)CC(C)(C)C. The highest BCUT2D eigenvalue weighted by Gasteiger charge is 2.18. The Kier molecular flexibility index (Phi) is 9.88. The van der Waals surface area contributed by atoms with Gasteiger partial charge in [0.15, 0.2) is 0 Å². The monoisotopic (exact) mass is 274 g/mol. The van der Waals surface area contributed by atoms with Crippen molar-refractivity contribution >= 4 is 5.97 Å². The molecule has 1 atom stereocenters. The average molecular weight is 274 g/mol. The molecule has 0 spiro atoms. The minimum Gasteiger partial charge on any atom is -0.463 e. The van der Waals surface area contributed by atoms with Crippen LogP contribution in [-0.4, -0.2) is 39.0 Å². The van der Waals surface area contributed by atoms with Crippen LogP contribution in [0, 0.1) is 11.3 Å². The number of hydrogen-bond acceptors (Lipinski definition) is 4. The van der Waals surface area contributed by atoms with Gasteiger partial charge in [-0.25, -0.2) is 0 Å². The molecule has 19 heavy (non-hydrogen) atoms. The summed E-state index contributed by atoms with van der Waals surface area (Å²) < 4.78 is 15.5. The highest BCUT2D eigenvalue weighted by atomic mass is 16.6. The van der Waals surface area contributed by atoms with Gasteiger partial charge in [0.2, 0.25) is 0 Å². The van der Waals surface area contributed by atoms with Gasteiger partial charge in [0, 0.05) is 13.0 Å². The third kappa shape index (κ3) is 13.6. The summed E-state index contributed by atoms with van der Waals surface area (Å²) in [5.74, 6) is 0.219. The number of rotatable bonds is 10. The lowest BCUT2D eigenvalue weighted by Gasteiger charge is -2.22. The van der Waals surface area contributed by atoms with E-state index in [0.29, 0.717) is 45.4 Å². The minimum absolute atomic E-state index is 0.134. The Hall–Kier alpha value is -0.610. The van der Waals surface area contributed by atoms with E-state index in [2.05, 4.69) is 27.7 Å². The summed E-state index contributed by atoms with van der Waals surface area (Å²) in [6.45, 7) is 13.2. The summed E-state index contributed by atoms with van der Waals surface area (Å²) in [7, 11) is 0. The number of hydrogen-bond donors (Lipinski definition) is 0. The topological polar surface area (TPSA) is 44.8 Å². The lowest BCUT2D eigenvalue weighted by molar-refractivity contribution is -0.146. The molecule has 0 fully saturated rings. The summed E-state index contributed by atoms with van der Waals surface area (Å²) in [4.78, 5) is 11.6. The van der Waals surface area contributed by atoms with Crippen molar-refractivity contribution in [2.24, 2.45) is 11.3 Å². The fraction of sp³-hybridized carbons (Fsp3) is 0.933. The molecule has 0 radical (unpaired) electrons. The van der Waals surface area contributed by atoms with Crippen molar-refractivity contribution in [1.29, 1.82) is 0 Å². The molecule has 0 aliphatic heterocycles. The summed E-state index contributed by atoms with van der Waals surface area (Å²) in [6, 6.07) is 0. The van der Waals surface area contributed by atoms with Gasteiger partial charge in [-0.2, -0.15) is 0 Å². The maximum Gasteiger partial charge on any atom is 0.306 e. The first-order valence-electron chi connectivity index (χ1n) is 7.16. The zero-order valence-electron chi connectivity index (χ0n) is 13.2. The van der Waals surface area contributed by atoms with Crippen LogP contribution in [0.1, 0.15) is 47.5 Å². The first kappa shape index (κ1) is 18.4. The van der Waals surface area contributed by atoms with Gasteiger partial charge in [0.1, 0.15) is 6.61 Å². The molecule has 1 unspecified atom stereocenters. The van der Waals surface area contributed by atoms with Gasteiger partial charge >= 0.3 is 5.97 Å². The number of carbonyl (C=O) groups is 1. The second-order valence-electron chi connectivity index (χ2n) is 6.10. The van der Waals surface area contributed by atoms with E-state index in [1.165, 1.54) is 0 Å². The molecule has 0 aliphatic rings. The molecule has 0 saturated heterocycles. The van der Waals surface area contributed by atoms with Crippen LogP contribution in [0.2, 0.25) is 0 Å². The maximum absolute atomic E-state index is 11.6. The molecule has 0 aliphatic carbocycles. The molecule has 0 aromatic rings. The van der Waals surface area contributed by atoms with Gasteiger partial charge < -0.3 is 14.2 Å². The van der Waals surface area contributed by atoms with E-state index >= 15 is 0 Å². The smallest absolute Gasteiger partial charge is 0.306 e. The lowest BCUT2D eigenvalue weighted by atomic mass is 9.84. The Labute approximate surface area is 117 Å². The number of carbonyl (C=O) groups excluding carboxylic acids is 1. The van der Waals surface area contributed by atoms with Crippen LogP contribution in [-0.2, 0) is 19.0 Å². The Morgan fingerprint density at radius 1 is 1.05 bits per heavy atom. The number of ether oxygens (including phenoxy) is 3. The van der Waals surface area contributed by atoms with Crippen LogP contribution in [0.4, 0.5) is 0 Å². The van der Waals surface area contributed by atoms with Gasteiger partial charge in [-0.15, -0.1) is 0 Å². The van der Waals surface area contributed by atoms with Gasteiger partial charge in [-0.3, -0.25) is 4.79 Å². The maximum atomic E-state index is 11.6. The van der Waals surface area contributed by atoms with E-state index < -0.39 is 0 Å². The second-order valence-corrected chi connectivity index (χ2v) is 6.10. The van der Waals surface area contributed by atoms with Gasteiger partial charge in [0.05, 0.1) is 19.8 Å². The Morgan fingerprint density at radius 3 is 2.21 bits per heavy atom. The van der Waals surface area contributed by atoms with E-state index in [9.17, 15) is 4.79 Å². The molecule has 0 amide bonds. The fourth-order valence-corrected chi connectivity index (χ4v) is 2.04. The highest BCUT2D eigenvalue weighted by molar-refractivity contribution is 5.69. The summed E-state index contributed by atoms with van der Waals surface area (Å²) in [5, 5.41) is 0. The van der Waals surface area contributed by atoms with Crippen molar-refractivity contribution in [3.63, 3.8) is 0 Å². The van der Waals surface area contributed by atoms with E-state index in [4.69, 9.17) is 14.2 Å². The third-order valence-electron chi connectivity index (χ3n) is 2.54. The van der Waals surface area contributed by atoms with Crippen molar-refractivity contribution in [2.45, 2.75) is 47.5 Å². The first-order chi connectivity index (χ1) is 8.85. The van der Waals surface area contributed by atoms with Crippen LogP contribution >= 0.6 is 0 Å².